The van der Waals surface area contributed by atoms with Crippen LogP contribution in [0.15, 0.2) is 24.4 Å². The highest BCUT2D eigenvalue weighted by molar-refractivity contribution is 5.83. The van der Waals surface area contributed by atoms with Gasteiger partial charge in [0.2, 0.25) is 5.88 Å². The second kappa shape index (κ2) is 4.78. The fourth-order valence-electron chi connectivity index (χ4n) is 1.54. The number of rotatable bonds is 3. The smallest absolute Gasteiger partial charge is 0.310 e. The van der Waals surface area contributed by atoms with Crippen LogP contribution in [0.5, 0.6) is 5.88 Å². The minimum absolute atomic E-state index is 0.176. The van der Waals surface area contributed by atoms with Crippen molar-refractivity contribution in [3.63, 3.8) is 0 Å². The molecule has 0 aliphatic rings. The van der Waals surface area contributed by atoms with Gasteiger partial charge in [-0.2, -0.15) is 0 Å². The predicted octanol–water partition coefficient (Wildman–Crippen LogP) is 1.35. The van der Waals surface area contributed by atoms with E-state index in [0.717, 1.165) is 11.1 Å². The Morgan fingerprint density at radius 2 is 2.18 bits per heavy atom. The van der Waals surface area contributed by atoms with Crippen LogP contribution < -0.4 is 4.74 Å². The lowest BCUT2D eigenvalue weighted by Gasteiger charge is -2.05. The van der Waals surface area contributed by atoms with Gasteiger partial charge in [-0.25, -0.2) is 9.97 Å². The van der Waals surface area contributed by atoms with Crippen molar-refractivity contribution in [2.75, 3.05) is 14.2 Å². The van der Waals surface area contributed by atoms with Crippen LogP contribution >= 0.6 is 0 Å². The van der Waals surface area contributed by atoms with Crippen LogP contribution in [0.4, 0.5) is 0 Å². The quantitative estimate of drug-likeness (QED) is 0.747. The molecule has 0 aliphatic heterocycles. The highest BCUT2D eigenvalue weighted by atomic mass is 16.5. The molecule has 0 N–H and O–H groups in total. The van der Waals surface area contributed by atoms with Gasteiger partial charge >= 0.3 is 5.97 Å². The van der Waals surface area contributed by atoms with E-state index in [0.29, 0.717) is 11.4 Å². The van der Waals surface area contributed by atoms with Crippen LogP contribution in [0.3, 0.4) is 0 Å². The summed E-state index contributed by atoms with van der Waals surface area (Å²) in [6.07, 6.45) is 1.72. The normalized spacial score (nSPS) is 10.2. The van der Waals surface area contributed by atoms with Gasteiger partial charge in [0, 0.05) is 0 Å². The molecule has 0 aliphatic carbocycles. The minimum Gasteiger partial charge on any atom is -0.480 e. The number of methoxy groups -OCH3 is 2. The molecule has 88 valence electrons. The first-order valence-corrected chi connectivity index (χ1v) is 5.10. The summed E-state index contributed by atoms with van der Waals surface area (Å²) in [6, 6.07) is 5.50. The van der Waals surface area contributed by atoms with Crippen molar-refractivity contribution in [3.05, 3.63) is 30.0 Å². The second-order valence-electron chi connectivity index (χ2n) is 3.45. The number of benzene rings is 1. The number of ether oxygens (including phenoxy) is 2. The third kappa shape index (κ3) is 2.33. The summed E-state index contributed by atoms with van der Waals surface area (Å²) in [6.45, 7) is 0. The maximum atomic E-state index is 11.3. The van der Waals surface area contributed by atoms with Crippen LogP contribution in [0, 0.1) is 0 Å². The first kappa shape index (κ1) is 11.3. The molecule has 0 saturated heterocycles. The molecule has 0 atom stereocenters. The van der Waals surface area contributed by atoms with E-state index < -0.39 is 0 Å². The summed E-state index contributed by atoms with van der Waals surface area (Å²) in [5, 5.41) is 0. The number of carbonyl (C=O) groups excluding carboxylic acids is 1. The molecule has 5 heteroatoms. The molecule has 1 aromatic heterocycles. The van der Waals surface area contributed by atoms with Crippen LogP contribution in [0.2, 0.25) is 0 Å². The van der Waals surface area contributed by atoms with Crippen molar-refractivity contribution in [3.8, 4) is 5.88 Å². The number of esters is 1. The van der Waals surface area contributed by atoms with Gasteiger partial charge < -0.3 is 9.47 Å². The van der Waals surface area contributed by atoms with Gasteiger partial charge in [0.15, 0.2) is 0 Å². The lowest BCUT2D eigenvalue weighted by Crippen LogP contribution is -2.05. The van der Waals surface area contributed by atoms with Crippen molar-refractivity contribution in [1.82, 2.24) is 9.97 Å². The molecule has 0 unspecified atom stereocenters. The zero-order valence-corrected chi connectivity index (χ0v) is 9.64. The summed E-state index contributed by atoms with van der Waals surface area (Å²) in [5.41, 5.74) is 2.17. The van der Waals surface area contributed by atoms with E-state index in [1.165, 1.54) is 14.2 Å². The molecule has 0 fully saturated rings. The molecule has 0 bridgehead atoms. The Morgan fingerprint density at radius 3 is 2.88 bits per heavy atom. The third-order valence-electron chi connectivity index (χ3n) is 2.41. The predicted molar refractivity (Wildman–Crippen MR) is 61.8 cm³/mol. The lowest BCUT2D eigenvalue weighted by molar-refractivity contribution is -0.139. The van der Waals surface area contributed by atoms with E-state index in [1.54, 1.807) is 6.20 Å². The largest absolute Gasteiger partial charge is 0.480 e. The van der Waals surface area contributed by atoms with Crippen LogP contribution in [-0.2, 0) is 16.0 Å². The topological polar surface area (TPSA) is 61.3 Å². The van der Waals surface area contributed by atoms with E-state index in [4.69, 9.17) is 4.74 Å². The molecular formula is C12H12N2O3. The molecular weight excluding hydrogens is 220 g/mol. The zero-order valence-electron chi connectivity index (χ0n) is 9.64. The maximum Gasteiger partial charge on any atom is 0.310 e. The average molecular weight is 232 g/mol. The van der Waals surface area contributed by atoms with Crippen LogP contribution in [0.1, 0.15) is 5.56 Å². The van der Waals surface area contributed by atoms with Crippen molar-refractivity contribution in [2.45, 2.75) is 6.42 Å². The van der Waals surface area contributed by atoms with E-state index >= 15 is 0 Å². The number of nitrogens with zero attached hydrogens (tertiary/aromatic N) is 2. The number of fused-ring (bicyclic) bond motifs is 1. The van der Waals surface area contributed by atoms with E-state index in [2.05, 4.69) is 14.7 Å². The second-order valence-corrected chi connectivity index (χ2v) is 3.45. The van der Waals surface area contributed by atoms with Gasteiger partial charge in [-0.05, 0) is 11.6 Å². The van der Waals surface area contributed by atoms with E-state index in [1.807, 2.05) is 18.2 Å². The Bertz CT molecular complexity index is 554. The molecule has 0 spiro atoms. The van der Waals surface area contributed by atoms with Gasteiger partial charge in [-0.1, -0.05) is 12.1 Å². The number of aromatic nitrogens is 2. The van der Waals surface area contributed by atoms with Crippen molar-refractivity contribution in [2.24, 2.45) is 0 Å². The summed E-state index contributed by atoms with van der Waals surface area (Å²) in [7, 11) is 2.89. The third-order valence-corrected chi connectivity index (χ3v) is 2.41. The van der Waals surface area contributed by atoms with Gasteiger partial charge in [-0.3, -0.25) is 4.79 Å². The Labute approximate surface area is 98.4 Å². The fraction of sp³-hybridized carbons (Fsp3) is 0.250. The minimum atomic E-state index is -0.304. The number of hydrogen-bond donors (Lipinski definition) is 0. The summed E-state index contributed by atoms with van der Waals surface area (Å²) >= 11 is 0. The molecule has 2 rings (SSSR count). The number of para-hydroxylation sites is 1. The Balaban J connectivity index is 2.50. The van der Waals surface area contributed by atoms with E-state index in [9.17, 15) is 4.79 Å². The Kier molecular flexibility index (Phi) is 3.18. The highest BCUT2D eigenvalue weighted by Gasteiger charge is 2.09. The van der Waals surface area contributed by atoms with E-state index in [-0.39, 0.29) is 12.4 Å². The summed E-state index contributed by atoms with van der Waals surface area (Å²) in [4.78, 5) is 19.8. The average Bonchev–Trinajstić information content (AvgIpc) is 2.38. The van der Waals surface area contributed by atoms with Crippen molar-refractivity contribution >= 4 is 17.0 Å². The molecule has 0 saturated carbocycles. The molecule has 0 radical (unpaired) electrons. The first-order valence-electron chi connectivity index (χ1n) is 5.10. The van der Waals surface area contributed by atoms with Crippen molar-refractivity contribution < 1.29 is 14.3 Å². The van der Waals surface area contributed by atoms with Crippen molar-refractivity contribution in [1.29, 1.82) is 0 Å². The molecule has 0 amide bonds. The standard InChI is InChI=1S/C12H12N2O3/c1-16-10-7-13-9-5-3-4-8(12(9)14-10)6-11(15)17-2/h3-5,7H,6H2,1-2H3. The molecule has 1 heterocycles. The highest BCUT2D eigenvalue weighted by Crippen LogP contribution is 2.18. The first-order chi connectivity index (χ1) is 8.24. The summed E-state index contributed by atoms with van der Waals surface area (Å²) < 4.78 is 9.66. The Morgan fingerprint density at radius 1 is 1.35 bits per heavy atom. The SMILES string of the molecule is COC(=O)Cc1cccc2ncc(OC)nc12. The van der Waals surface area contributed by atoms with Gasteiger partial charge in [0.1, 0.15) is 0 Å². The number of carbonyl (C=O) groups is 1. The van der Waals surface area contributed by atoms with Gasteiger partial charge in [0.25, 0.3) is 0 Å². The monoisotopic (exact) mass is 232 g/mol. The lowest BCUT2D eigenvalue weighted by atomic mass is 10.1. The molecule has 5 nitrogen and oxygen atoms in total. The fourth-order valence-corrected chi connectivity index (χ4v) is 1.54. The van der Waals surface area contributed by atoms with Gasteiger partial charge in [-0.15, -0.1) is 0 Å². The number of hydrogen-bond acceptors (Lipinski definition) is 5. The zero-order chi connectivity index (χ0) is 12.3. The Hall–Kier alpha value is -2.17. The van der Waals surface area contributed by atoms with Crippen LogP contribution in [0.25, 0.3) is 11.0 Å². The van der Waals surface area contributed by atoms with Crippen LogP contribution in [-0.4, -0.2) is 30.2 Å². The molecule has 2 aromatic rings. The maximum absolute atomic E-state index is 11.3. The summed E-state index contributed by atoms with van der Waals surface area (Å²) in [5.74, 6) is 0.122. The molecule has 1 aromatic carbocycles. The van der Waals surface area contributed by atoms with Gasteiger partial charge in [0.05, 0.1) is 37.9 Å². The molecule has 17 heavy (non-hydrogen) atoms.